The predicted octanol–water partition coefficient (Wildman–Crippen LogP) is 7.08. The first-order valence-corrected chi connectivity index (χ1v) is 10.3. The SMILES string of the molecule is CCC[C](c1cc(C(C)(C)C)c(O)cc1C)c1cc(C(C)(C)C)c(O)cc1C. The molecule has 0 saturated heterocycles. The third-order valence-corrected chi connectivity index (χ3v) is 5.45. The molecule has 2 nitrogen and oxygen atoms in total. The molecule has 0 saturated carbocycles. The molecule has 0 heterocycles. The Labute approximate surface area is 171 Å². The Morgan fingerprint density at radius 1 is 0.714 bits per heavy atom. The molecule has 153 valence electrons. The van der Waals surface area contributed by atoms with E-state index in [0.717, 1.165) is 35.1 Å². The highest BCUT2D eigenvalue weighted by Gasteiger charge is 2.27. The molecule has 2 N–H and O–H groups in total. The third-order valence-electron chi connectivity index (χ3n) is 5.45. The minimum atomic E-state index is -0.134. The minimum absolute atomic E-state index is 0.134. The van der Waals surface area contributed by atoms with Crippen LogP contribution in [0.3, 0.4) is 0 Å². The van der Waals surface area contributed by atoms with Crippen LogP contribution in [-0.2, 0) is 10.8 Å². The number of hydrogen-bond acceptors (Lipinski definition) is 2. The van der Waals surface area contributed by atoms with Crippen molar-refractivity contribution >= 4 is 0 Å². The maximum absolute atomic E-state index is 10.5. The molecule has 28 heavy (non-hydrogen) atoms. The second kappa shape index (κ2) is 7.81. The van der Waals surface area contributed by atoms with Crippen molar-refractivity contribution < 1.29 is 10.2 Å². The number of aryl methyl sites for hydroxylation is 2. The van der Waals surface area contributed by atoms with Gasteiger partial charge in [-0.1, -0.05) is 67.0 Å². The van der Waals surface area contributed by atoms with Gasteiger partial charge in [-0.2, -0.15) is 0 Å². The van der Waals surface area contributed by atoms with Gasteiger partial charge >= 0.3 is 0 Å². The van der Waals surface area contributed by atoms with Crippen LogP contribution in [0.25, 0.3) is 0 Å². The number of phenolic OH excluding ortho intramolecular Hbond substituents is 2. The average Bonchev–Trinajstić information content (AvgIpc) is 2.51. The molecule has 0 fully saturated rings. The van der Waals surface area contributed by atoms with Gasteiger partial charge < -0.3 is 10.2 Å². The summed E-state index contributed by atoms with van der Waals surface area (Å²) < 4.78 is 0. The van der Waals surface area contributed by atoms with E-state index in [2.05, 4.69) is 74.4 Å². The van der Waals surface area contributed by atoms with Crippen molar-refractivity contribution in [1.29, 1.82) is 0 Å². The number of phenols is 2. The van der Waals surface area contributed by atoms with Crippen LogP contribution in [0.2, 0.25) is 0 Å². The molecule has 0 spiro atoms. The topological polar surface area (TPSA) is 40.5 Å². The molecule has 0 aliphatic carbocycles. The molecule has 0 unspecified atom stereocenters. The molecule has 2 rings (SSSR count). The second-order valence-electron chi connectivity index (χ2n) is 10.1. The lowest BCUT2D eigenvalue weighted by Gasteiger charge is -2.28. The molecule has 0 aliphatic heterocycles. The predicted molar refractivity (Wildman–Crippen MR) is 119 cm³/mol. The maximum atomic E-state index is 10.5. The first-order valence-electron chi connectivity index (χ1n) is 10.3. The van der Waals surface area contributed by atoms with E-state index in [1.165, 1.54) is 17.0 Å². The summed E-state index contributed by atoms with van der Waals surface area (Å²) in [5.74, 6) is 2.01. The fourth-order valence-corrected chi connectivity index (χ4v) is 3.90. The summed E-state index contributed by atoms with van der Waals surface area (Å²) in [5.41, 5.74) is 6.21. The molecule has 0 aromatic heterocycles. The van der Waals surface area contributed by atoms with Crippen LogP contribution in [0, 0.1) is 19.8 Å². The van der Waals surface area contributed by atoms with Crippen molar-refractivity contribution in [1.82, 2.24) is 0 Å². The molecule has 0 bridgehead atoms. The van der Waals surface area contributed by atoms with E-state index in [1.807, 2.05) is 12.1 Å². The number of benzene rings is 2. The lowest BCUT2D eigenvalue weighted by Crippen LogP contribution is -2.16. The van der Waals surface area contributed by atoms with Crippen molar-refractivity contribution in [2.24, 2.45) is 0 Å². The van der Waals surface area contributed by atoms with Gasteiger partial charge in [-0.05, 0) is 76.6 Å². The lowest BCUT2D eigenvalue weighted by molar-refractivity contribution is 0.445. The largest absolute Gasteiger partial charge is 0.508 e. The number of hydrogen-bond donors (Lipinski definition) is 2. The normalized spacial score (nSPS) is 12.6. The summed E-state index contributed by atoms with van der Waals surface area (Å²) in [5, 5.41) is 21.1. The third kappa shape index (κ3) is 4.54. The summed E-state index contributed by atoms with van der Waals surface area (Å²) in [6, 6.07) is 8.12. The van der Waals surface area contributed by atoms with E-state index < -0.39 is 0 Å². The van der Waals surface area contributed by atoms with E-state index in [0.29, 0.717) is 11.5 Å². The maximum Gasteiger partial charge on any atom is 0.119 e. The summed E-state index contributed by atoms with van der Waals surface area (Å²) >= 11 is 0. The van der Waals surface area contributed by atoms with Crippen LogP contribution >= 0.6 is 0 Å². The zero-order valence-corrected chi connectivity index (χ0v) is 19.1. The van der Waals surface area contributed by atoms with Crippen molar-refractivity contribution in [2.75, 3.05) is 0 Å². The lowest BCUT2D eigenvalue weighted by atomic mass is 9.76. The van der Waals surface area contributed by atoms with Crippen LogP contribution in [0.1, 0.15) is 94.7 Å². The molecule has 2 aromatic carbocycles. The summed E-state index contributed by atoms with van der Waals surface area (Å²) in [4.78, 5) is 0. The Kier molecular flexibility index (Phi) is 6.23. The zero-order valence-electron chi connectivity index (χ0n) is 19.1. The van der Waals surface area contributed by atoms with Gasteiger partial charge in [0.05, 0.1) is 0 Å². The van der Waals surface area contributed by atoms with E-state index >= 15 is 0 Å². The van der Waals surface area contributed by atoms with Gasteiger partial charge in [-0.15, -0.1) is 0 Å². The molecular weight excluding hydrogens is 344 g/mol. The van der Waals surface area contributed by atoms with Crippen LogP contribution in [0.5, 0.6) is 11.5 Å². The van der Waals surface area contributed by atoms with Gasteiger partial charge in [-0.25, -0.2) is 0 Å². The summed E-state index contributed by atoms with van der Waals surface area (Å²) in [7, 11) is 0. The number of rotatable bonds is 4. The van der Waals surface area contributed by atoms with Crippen LogP contribution in [0.15, 0.2) is 24.3 Å². The average molecular weight is 382 g/mol. The quantitative estimate of drug-likeness (QED) is 0.594. The molecule has 2 heteroatoms. The highest BCUT2D eigenvalue weighted by atomic mass is 16.3. The molecule has 0 amide bonds. The smallest absolute Gasteiger partial charge is 0.119 e. The Morgan fingerprint density at radius 2 is 1.07 bits per heavy atom. The first kappa shape index (κ1) is 22.3. The van der Waals surface area contributed by atoms with Crippen molar-refractivity contribution in [2.45, 2.75) is 86.0 Å². The van der Waals surface area contributed by atoms with Gasteiger partial charge in [0.15, 0.2) is 0 Å². The number of aromatic hydroxyl groups is 2. The second-order valence-corrected chi connectivity index (χ2v) is 10.1. The van der Waals surface area contributed by atoms with Crippen LogP contribution in [0.4, 0.5) is 0 Å². The molecule has 0 atom stereocenters. The van der Waals surface area contributed by atoms with E-state index in [4.69, 9.17) is 0 Å². The summed E-state index contributed by atoms with van der Waals surface area (Å²) in [6.07, 6.45) is 1.98. The Balaban J connectivity index is 2.75. The van der Waals surface area contributed by atoms with Crippen molar-refractivity contribution in [3.63, 3.8) is 0 Å². The molecule has 2 aromatic rings. The minimum Gasteiger partial charge on any atom is -0.508 e. The van der Waals surface area contributed by atoms with Gasteiger partial charge in [0, 0.05) is 5.92 Å². The Bertz CT molecular complexity index is 779. The van der Waals surface area contributed by atoms with Crippen molar-refractivity contribution in [3.8, 4) is 11.5 Å². The highest BCUT2D eigenvalue weighted by molar-refractivity contribution is 5.59. The van der Waals surface area contributed by atoms with Gasteiger partial charge in [-0.3, -0.25) is 0 Å². The molecule has 0 aliphatic rings. The zero-order chi connectivity index (χ0) is 21.4. The molecule has 1 radical (unpaired) electrons. The van der Waals surface area contributed by atoms with Gasteiger partial charge in [0.1, 0.15) is 11.5 Å². The van der Waals surface area contributed by atoms with Gasteiger partial charge in [0.2, 0.25) is 0 Å². The monoisotopic (exact) mass is 381 g/mol. The van der Waals surface area contributed by atoms with E-state index in [9.17, 15) is 10.2 Å². The first-order chi connectivity index (χ1) is 12.8. The highest BCUT2D eigenvalue weighted by Crippen LogP contribution is 2.41. The van der Waals surface area contributed by atoms with Crippen molar-refractivity contribution in [3.05, 3.63) is 63.6 Å². The van der Waals surface area contributed by atoms with Crippen LogP contribution in [-0.4, -0.2) is 10.2 Å². The van der Waals surface area contributed by atoms with E-state index in [1.54, 1.807) is 0 Å². The van der Waals surface area contributed by atoms with Gasteiger partial charge in [0.25, 0.3) is 0 Å². The van der Waals surface area contributed by atoms with E-state index in [-0.39, 0.29) is 10.8 Å². The Hall–Kier alpha value is -1.96. The fraction of sp³-hybridized carbons (Fsp3) is 0.500. The molecular formula is C26H37O2. The standard InChI is InChI=1S/C26H37O2/c1-10-11-18(19-14-21(25(4,5)6)23(27)12-16(19)2)20-15-22(26(7,8)9)24(28)13-17(20)3/h12-15,27-28H,10-11H2,1-9H3. The summed E-state index contributed by atoms with van der Waals surface area (Å²) in [6.45, 7) is 19.1. The van der Waals surface area contributed by atoms with Crippen LogP contribution < -0.4 is 0 Å². The Morgan fingerprint density at radius 3 is 1.36 bits per heavy atom. The fourth-order valence-electron chi connectivity index (χ4n) is 3.90.